The maximum absolute atomic E-state index is 13.7. The maximum Gasteiger partial charge on any atom is 0.195 e. The minimum atomic E-state index is -1.74. The fraction of sp³-hybridized carbons (Fsp3) is 0.480. The lowest BCUT2D eigenvalue weighted by molar-refractivity contribution is 0.103. The third kappa shape index (κ3) is 6.12. The molecule has 0 spiro atoms. The van der Waals surface area contributed by atoms with E-state index >= 15 is 0 Å². The van der Waals surface area contributed by atoms with E-state index in [2.05, 4.69) is 105 Å². The van der Waals surface area contributed by atoms with Gasteiger partial charge in [-0.25, -0.2) is 0 Å². The number of hydrogen-bond donors (Lipinski definition) is 0. The van der Waals surface area contributed by atoms with Gasteiger partial charge in [0.05, 0.1) is 0 Å². The Morgan fingerprint density at radius 1 is 0.594 bits per heavy atom. The first-order valence-electron chi connectivity index (χ1n) is 11.7. The van der Waals surface area contributed by atoms with Crippen LogP contribution in [0.3, 0.4) is 0 Å². The van der Waals surface area contributed by atoms with E-state index < -0.39 is 32.9 Å². The Morgan fingerprint density at radius 3 is 1.44 bits per heavy atom. The second-order valence-corrected chi connectivity index (χ2v) is 32.8. The number of ketones is 1. The van der Waals surface area contributed by atoms with Gasteiger partial charge >= 0.3 is 0 Å². The molecular weight excluding hydrogens is 457 g/mol. The van der Waals surface area contributed by atoms with Crippen molar-refractivity contribution in [3.8, 4) is 0 Å². The van der Waals surface area contributed by atoms with Crippen molar-refractivity contribution in [3.05, 3.63) is 59.7 Å². The predicted molar refractivity (Wildman–Crippen MR) is 155 cm³/mol. The molecule has 0 fully saturated rings. The molecule has 7 heteroatoms. The minimum Gasteiger partial charge on any atom is -0.424 e. The van der Waals surface area contributed by atoms with Gasteiger partial charge < -0.3 is 8.46 Å². The summed E-state index contributed by atoms with van der Waals surface area (Å²) in [7, 11) is -6.70. The van der Waals surface area contributed by atoms with E-state index in [9.17, 15) is 4.79 Å². The zero-order chi connectivity index (χ0) is 24.7. The van der Waals surface area contributed by atoms with Crippen LogP contribution in [-0.4, -0.2) is 38.7 Å². The van der Waals surface area contributed by atoms with Crippen LogP contribution >= 0.6 is 0 Å². The molecule has 0 saturated heterocycles. The van der Waals surface area contributed by atoms with Crippen molar-refractivity contribution in [2.24, 2.45) is 0 Å². The standard InChI is InChI=1S/C25H44N2OSi4/c1-29(2,3)26(30(4,5)6)22-18-19-23(25(28)21-16-14-13-15-17-21)24(20-22)27(31(7,8)9)32(10,11)12/h13-20H,1-12H3. The van der Waals surface area contributed by atoms with Crippen LogP contribution in [0.2, 0.25) is 78.6 Å². The van der Waals surface area contributed by atoms with Gasteiger partial charge in [-0.3, -0.25) is 4.79 Å². The summed E-state index contributed by atoms with van der Waals surface area (Å²) < 4.78 is 5.46. The SMILES string of the molecule is C[Si](C)(C)N(c1ccc(C(=O)c2ccccc2)c(N([Si](C)(C)C)[Si](C)(C)C)c1)[Si](C)(C)C. The molecule has 0 heterocycles. The Kier molecular flexibility index (Phi) is 7.61. The zero-order valence-electron chi connectivity index (χ0n) is 22.4. The molecular formula is C25H44N2OSi4. The average molecular weight is 501 g/mol. The average Bonchev–Trinajstić information content (AvgIpc) is 2.57. The van der Waals surface area contributed by atoms with Crippen molar-refractivity contribution in [2.75, 3.05) is 8.46 Å². The van der Waals surface area contributed by atoms with Gasteiger partial charge in [0.25, 0.3) is 0 Å². The van der Waals surface area contributed by atoms with Crippen molar-refractivity contribution in [3.63, 3.8) is 0 Å². The van der Waals surface area contributed by atoms with E-state index in [1.54, 1.807) is 0 Å². The number of nitrogens with zero attached hydrogens (tertiary/aromatic N) is 2. The van der Waals surface area contributed by atoms with Crippen molar-refractivity contribution in [1.82, 2.24) is 0 Å². The number of hydrogen-bond acceptors (Lipinski definition) is 3. The van der Waals surface area contributed by atoms with Crippen LogP contribution in [0.1, 0.15) is 15.9 Å². The summed E-state index contributed by atoms with van der Waals surface area (Å²) in [6.07, 6.45) is 0. The maximum atomic E-state index is 13.7. The van der Waals surface area contributed by atoms with E-state index in [1.807, 2.05) is 30.3 Å². The highest BCUT2D eigenvalue weighted by atomic mass is 28.4. The lowest BCUT2D eigenvalue weighted by Crippen LogP contribution is -2.61. The Labute approximate surface area is 201 Å². The molecule has 0 aliphatic carbocycles. The van der Waals surface area contributed by atoms with Gasteiger partial charge in [0.2, 0.25) is 0 Å². The summed E-state index contributed by atoms with van der Waals surface area (Å²) in [5.41, 5.74) is 4.05. The van der Waals surface area contributed by atoms with E-state index in [0.29, 0.717) is 0 Å². The van der Waals surface area contributed by atoms with Crippen molar-refractivity contribution >= 4 is 50.1 Å². The lowest BCUT2D eigenvalue weighted by Gasteiger charge is -2.49. The summed E-state index contributed by atoms with van der Waals surface area (Å²) in [4.78, 5) is 13.7. The van der Waals surface area contributed by atoms with Gasteiger partial charge in [-0.1, -0.05) is 109 Å². The first-order valence-corrected chi connectivity index (χ1v) is 25.5. The molecule has 0 amide bonds. The molecule has 3 nitrogen and oxygen atoms in total. The van der Waals surface area contributed by atoms with Gasteiger partial charge in [0.15, 0.2) is 5.78 Å². The number of anilines is 2. The van der Waals surface area contributed by atoms with Crippen LogP contribution < -0.4 is 8.46 Å². The molecule has 2 aromatic rings. The first-order chi connectivity index (χ1) is 14.3. The van der Waals surface area contributed by atoms with Crippen LogP contribution in [0.15, 0.2) is 48.5 Å². The monoisotopic (exact) mass is 500 g/mol. The highest BCUT2D eigenvalue weighted by Crippen LogP contribution is 2.38. The molecule has 0 N–H and O–H groups in total. The van der Waals surface area contributed by atoms with Crippen molar-refractivity contribution < 1.29 is 4.79 Å². The number of rotatable bonds is 8. The van der Waals surface area contributed by atoms with Gasteiger partial charge in [-0.2, -0.15) is 0 Å². The molecule has 0 aliphatic heterocycles. The van der Waals surface area contributed by atoms with Crippen LogP contribution in [0.25, 0.3) is 0 Å². The van der Waals surface area contributed by atoms with Crippen LogP contribution in [0, 0.1) is 0 Å². The van der Waals surface area contributed by atoms with E-state index in [4.69, 9.17) is 0 Å². The van der Waals surface area contributed by atoms with Gasteiger partial charge in [-0.15, -0.1) is 0 Å². The Hall–Kier alpha value is -1.42. The van der Waals surface area contributed by atoms with E-state index in [1.165, 1.54) is 5.69 Å². The molecule has 0 aliphatic rings. The summed E-state index contributed by atoms with van der Waals surface area (Å²) in [6.45, 7) is 29.0. The number of carbonyl (C=O) groups is 1. The molecule has 0 atom stereocenters. The molecule has 32 heavy (non-hydrogen) atoms. The largest absolute Gasteiger partial charge is 0.424 e. The summed E-state index contributed by atoms with van der Waals surface area (Å²) >= 11 is 0. The summed E-state index contributed by atoms with van der Waals surface area (Å²) in [5, 5.41) is 0. The number of carbonyl (C=O) groups excluding carboxylic acids is 1. The Bertz CT molecular complexity index is 921. The van der Waals surface area contributed by atoms with E-state index in [0.717, 1.165) is 16.8 Å². The van der Waals surface area contributed by atoms with Crippen LogP contribution in [0.5, 0.6) is 0 Å². The van der Waals surface area contributed by atoms with Gasteiger partial charge in [0.1, 0.15) is 32.9 Å². The summed E-state index contributed by atoms with van der Waals surface area (Å²) in [5.74, 6) is 0.126. The molecule has 0 radical (unpaired) electrons. The third-order valence-corrected chi connectivity index (χ3v) is 19.9. The van der Waals surface area contributed by atoms with Gasteiger partial charge in [-0.05, 0) is 18.2 Å². The second-order valence-electron chi connectivity index (χ2n) is 12.8. The molecule has 0 aromatic heterocycles. The van der Waals surface area contributed by atoms with Crippen molar-refractivity contribution in [1.29, 1.82) is 0 Å². The van der Waals surface area contributed by atoms with E-state index in [-0.39, 0.29) is 5.78 Å². The highest BCUT2D eigenvalue weighted by Gasteiger charge is 2.39. The highest BCUT2D eigenvalue weighted by molar-refractivity contribution is 7.00. The molecule has 0 unspecified atom stereocenters. The topological polar surface area (TPSA) is 23.6 Å². The fourth-order valence-electron chi connectivity index (χ4n) is 5.29. The molecule has 2 rings (SSSR count). The first kappa shape index (κ1) is 26.8. The third-order valence-electron chi connectivity index (χ3n) is 5.44. The number of benzene rings is 2. The normalized spacial score (nSPS) is 13.1. The fourth-order valence-corrected chi connectivity index (χ4v) is 25.0. The van der Waals surface area contributed by atoms with Gasteiger partial charge in [0, 0.05) is 22.5 Å². The minimum absolute atomic E-state index is 0.126. The quantitative estimate of drug-likeness (QED) is 0.272. The Morgan fingerprint density at radius 2 is 1.03 bits per heavy atom. The Balaban J connectivity index is 2.86. The summed E-state index contributed by atoms with van der Waals surface area (Å²) in [6, 6.07) is 16.4. The lowest BCUT2D eigenvalue weighted by atomic mass is 10.0. The molecule has 0 bridgehead atoms. The van der Waals surface area contributed by atoms with Crippen molar-refractivity contribution in [2.45, 2.75) is 78.6 Å². The second kappa shape index (κ2) is 9.08. The smallest absolute Gasteiger partial charge is 0.195 e. The van der Waals surface area contributed by atoms with Crippen LogP contribution in [-0.2, 0) is 0 Å². The zero-order valence-corrected chi connectivity index (χ0v) is 26.4. The predicted octanol–water partition coefficient (Wildman–Crippen LogP) is 7.87. The van der Waals surface area contributed by atoms with Crippen LogP contribution in [0.4, 0.5) is 11.4 Å². The molecule has 2 aromatic carbocycles. The molecule has 0 saturated carbocycles. The molecule has 176 valence electrons.